The minimum Gasteiger partial charge on any atom is -0.456 e. The van der Waals surface area contributed by atoms with Gasteiger partial charge in [-0.3, -0.25) is 0 Å². The van der Waals surface area contributed by atoms with Gasteiger partial charge in [0.1, 0.15) is 22.3 Å². The minimum atomic E-state index is 0.903. The summed E-state index contributed by atoms with van der Waals surface area (Å²) >= 11 is 0. The van der Waals surface area contributed by atoms with Crippen LogP contribution in [0.25, 0.3) is 132 Å². The molecule has 0 unspecified atom stereocenters. The molecular formula is C60H36N2O2. The SMILES string of the molecule is c1cc(-c2ccc3oc4ccccc4c3c2)cc(-n2c3ccccc3c3ccc(-c4cccc5c4c4ccccc4n5-c4cccc(-c5ccc6oc7ccccc7c6c5)c4)cc32)c1. The number of hydrogen-bond donors (Lipinski definition) is 0. The molecule has 4 nitrogen and oxygen atoms in total. The lowest BCUT2D eigenvalue weighted by Gasteiger charge is -2.12. The summed E-state index contributed by atoms with van der Waals surface area (Å²) in [5.41, 5.74) is 17.6. The molecule has 0 spiro atoms. The first kappa shape index (κ1) is 35.0. The molecule has 0 bridgehead atoms. The van der Waals surface area contributed by atoms with Gasteiger partial charge < -0.3 is 18.0 Å². The maximum Gasteiger partial charge on any atom is 0.135 e. The molecule has 4 heteroatoms. The van der Waals surface area contributed by atoms with Crippen LogP contribution in [-0.2, 0) is 0 Å². The molecule has 0 aliphatic heterocycles. The number of rotatable bonds is 5. The van der Waals surface area contributed by atoms with Crippen LogP contribution in [0.5, 0.6) is 0 Å². The van der Waals surface area contributed by atoms with E-state index >= 15 is 0 Å². The predicted octanol–water partition coefficient (Wildman–Crippen LogP) is 16.7. The Bertz CT molecular complexity index is 4210. The second kappa shape index (κ2) is 13.4. The van der Waals surface area contributed by atoms with Crippen molar-refractivity contribution >= 4 is 87.5 Å². The molecule has 0 atom stereocenters. The average molecular weight is 817 g/mol. The summed E-state index contributed by atoms with van der Waals surface area (Å²) in [6.07, 6.45) is 0. The van der Waals surface area contributed by atoms with Gasteiger partial charge in [-0.25, -0.2) is 0 Å². The van der Waals surface area contributed by atoms with Crippen LogP contribution in [0.15, 0.2) is 227 Å². The van der Waals surface area contributed by atoms with E-state index in [4.69, 9.17) is 8.83 Å². The van der Waals surface area contributed by atoms with Gasteiger partial charge in [0.05, 0.1) is 22.1 Å². The van der Waals surface area contributed by atoms with Crippen molar-refractivity contribution in [3.63, 3.8) is 0 Å². The van der Waals surface area contributed by atoms with E-state index in [9.17, 15) is 0 Å². The van der Waals surface area contributed by atoms with Crippen LogP contribution in [0.3, 0.4) is 0 Å². The molecule has 0 saturated heterocycles. The highest BCUT2D eigenvalue weighted by Crippen LogP contribution is 2.42. The van der Waals surface area contributed by atoms with E-state index in [1.54, 1.807) is 0 Å². The van der Waals surface area contributed by atoms with Gasteiger partial charge in [0.25, 0.3) is 0 Å². The van der Waals surface area contributed by atoms with Crippen LogP contribution < -0.4 is 0 Å². The molecule has 0 N–H and O–H groups in total. The van der Waals surface area contributed by atoms with Crippen molar-refractivity contribution in [2.75, 3.05) is 0 Å². The van der Waals surface area contributed by atoms with E-state index < -0.39 is 0 Å². The fourth-order valence-corrected chi connectivity index (χ4v) is 10.4. The summed E-state index contributed by atoms with van der Waals surface area (Å²) in [4.78, 5) is 0. The lowest BCUT2D eigenvalue weighted by Crippen LogP contribution is -1.95. The second-order valence-electron chi connectivity index (χ2n) is 16.9. The number of para-hydroxylation sites is 4. The molecule has 0 radical (unpaired) electrons. The molecule has 298 valence electrons. The molecule has 10 aromatic carbocycles. The lowest BCUT2D eigenvalue weighted by molar-refractivity contribution is 0.668. The van der Waals surface area contributed by atoms with Crippen LogP contribution in [-0.4, -0.2) is 9.13 Å². The number of aromatic nitrogens is 2. The summed E-state index contributed by atoms with van der Waals surface area (Å²) in [6, 6.07) is 78.8. The Kier molecular flexibility index (Phi) is 7.36. The standard InChI is InChI=1S/C60H36N2O2/c1-5-21-52-45(16-1)46-29-26-41(36-55(46)62(52)43-15-10-13-38(33-43)40-28-31-59-51(35-40)48-18-4-8-25-57(48)64-59)44-20-11-23-54-60(44)49-19-2-6-22-53(49)61(54)42-14-9-12-37(32-42)39-27-30-58-50(34-39)47-17-3-7-24-56(47)63-58/h1-36H. The van der Waals surface area contributed by atoms with Crippen molar-refractivity contribution in [3.8, 4) is 44.8 Å². The van der Waals surface area contributed by atoms with Crippen molar-refractivity contribution in [1.82, 2.24) is 9.13 Å². The smallest absolute Gasteiger partial charge is 0.135 e. The Labute approximate surface area is 367 Å². The van der Waals surface area contributed by atoms with E-state index in [2.05, 4.69) is 203 Å². The first-order valence-electron chi connectivity index (χ1n) is 21.8. The molecule has 0 amide bonds. The molecule has 0 fully saturated rings. The topological polar surface area (TPSA) is 36.1 Å². The number of benzene rings is 10. The maximum atomic E-state index is 6.18. The van der Waals surface area contributed by atoms with Crippen LogP contribution in [0, 0.1) is 0 Å². The minimum absolute atomic E-state index is 0.903. The summed E-state index contributed by atoms with van der Waals surface area (Å²) in [5, 5.41) is 9.44. The molecular weight excluding hydrogens is 781 g/mol. The first-order valence-corrected chi connectivity index (χ1v) is 21.8. The van der Waals surface area contributed by atoms with Crippen molar-refractivity contribution in [3.05, 3.63) is 218 Å². The number of nitrogens with zero attached hydrogens (tertiary/aromatic N) is 2. The third-order valence-corrected chi connectivity index (χ3v) is 13.3. The number of furan rings is 2. The molecule has 4 heterocycles. The van der Waals surface area contributed by atoms with E-state index in [0.29, 0.717) is 0 Å². The quantitative estimate of drug-likeness (QED) is 0.173. The Hall–Kier alpha value is -8.60. The molecule has 14 rings (SSSR count). The van der Waals surface area contributed by atoms with E-state index in [1.807, 2.05) is 24.3 Å². The maximum absolute atomic E-state index is 6.18. The van der Waals surface area contributed by atoms with Gasteiger partial charge >= 0.3 is 0 Å². The van der Waals surface area contributed by atoms with Gasteiger partial charge in [-0.15, -0.1) is 0 Å². The Morgan fingerprint density at radius 2 is 0.703 bits per heavy atom. The fraction of sp³-hybridized carbons (Fsp3) is 0. The normalized spacial score (nSPS) is 12.1. The summed E-state index contributed by atoms with van der Waals surface area (Å²) in [5.74, 6) is 0. The van der Waals surface area contributed by atoms with Gasteiger partial charge in [0, 0.05) is 54.5 Å². The highest BCUT2D eigenvalue weighted by Gasteiger charge is 2.19. The van der Waals surface area contributed by atoms with Crippen molar-refractivity contribution < 1.29 is 8.83 Å². The number of fused-ring (bicyclic) bond motifs is 12. The summed E-state index contributed by atoms with van der Waals surface area (Å²) in [7, 11) is 0. The molecule has 64 heavy (non-hydrogen) atoms. The van der Waals surface area contributed by atoms with Gasteiger partial charge in [-0.2, -0.15) is 0 Å². The Morgan fingerprint density at radius 3 is 1.34 bits per heavy atom. The van der Waals surface area contributed by atoms with Gasteiger partial charge in [-0.1, -0.05) is 133 Å². The summed E-state index contributed by atoms with van der Waals surface area (Å²) < 4.78 is 17.2. The highest BCUT2D eigenvalue weighted by molar-refractivity contribution is 6.17. The largest absolute Gasteiger partial charge is 0.456 e. The van der Waals surface area contributed by atoms with Gasteiger partial charge in [-0.05, 0) is 118 Å². The zero-order valence-corrected chi connectivity index (χ0v) is 34.5. The molecule has 0 aliphatic carbocycles. The second-order valence-corrected chi connectivity index (χ2v) is 16.9. The number of hydrogen-bond acceptors (Lipinski definition) is 2. The molecule has 14 aromatic rings. The van der Waals surface area contributed by atoms with Crippen molar-refractivity contribution in [1.29, 1.82) is 0 Å². The molecule has 0 aliphatic rings. The third kappa shape index (κ3) is 5.17. The average Bonchev–Trinajstić information content (AvgIpc) is 4.11. The van der Waals surface area contributed by atoms with E-state index in [1.165, 1.54) is 54.7 Å². The van der Waals surface area contributed by atoms with Gasteiger partial charge in [0.15, 0.2) is 0 Å². The zero-order valence-electron chi connectivity index (χ0n) is 34.5. The fourth-order valence-electron chi connectivity index (χ4n) is 10.4. The van der Waals surface area contributed by atoms with Crippen molar-refractivity contribution in [2.45, 2.75) is 0 Å². The Balaban J connectivity index is 0.924. The zero-order chi connectivity index (χ0) is 41.9. The van der Waals surface area contributed by atoms with Crippen LogP contribution in [0.4, 0.5) is 0 Å². The highest BCUT2D eigenvalue weighted by atomic mass is 16.3. The molecule has 0 saturated carbocycles. The Morgan fingerprint density at radius 1 is 0.250 bits per heavy atom. The first-order chi connectivity index (χ1) is 31.7. The van der Waals surface area contributed by atoms with E-state index in [0.717, 1.165) is 77.5 Å². The van der Waals surface area contributed by atoms with Crippen molar-refractivity contribution in [2.24, 2.45) is 0 Å². The predicted molar refractivity (Wildman–Crippen MR) is 266 cm³/mol. The molecule has 4 aromatic heterocycles. The van der Waals surface area contributed by atoms with Crippen LogP contribution >= 0.6 is 0 Å². The monoisotopic (exact) mass is 816 g/mol. The van der Waals surface area contributed by atoms with Crippen LogP contribution in [0.2, 0.25) is 0 Å². The lowest BCUT2D eigenvalue weighted by atomic mass is 9.98. The third-order valence-electron chi connectivity index (χ3n) is 13.3. The summed E-state index contributed by atoms with van der Waals surface area (Å²) in [6.45, 7) is 0. The van der Waals surface area contributed by atoms with E-state index in [-0.39, 0.29) is 0 Å². The van der Waals surface area contributed by atoms with Crippen LogP contribution in [0.1, 0.15) is 0 Å². The van der Waals surface area contributed by atoms with Gasteiger partial charge in [0.2, 0.25) is 0 Å².